The van der Waals surface area contributed by atoms with Crippen LogP contribution in [0.25, 0.3) is 0 Å². The third-order valence-corrected chi connectivity index (χ3v) is 2.91. The molecule has 0 bridgehead atoms. The molecule has 1 N–H and O–H groups in total. The molecule has 0 aliphatic carbocycles. The van der Waals surface area contributed by atoms with Gasteiger partial charge in [-0.1, -0.05) is 18.2 Å². The van der Waals surface area contributed by atoms with E-state index in [1.807, 2.05) is 19.2 Å². The number of rotatable bonds is 6. The summed E-state index contributed by atoms with van der Waals surface area (Å²) in [5.74, 6) is -0.200. The molecule has 0 saturated carbocycles. The zero-order valence-electron chi connectivity index (χ0n) is 11.1. The maximum Gasteiger partial charge on any atom is 0.128 e. The van der Waals surface area contributed by atoms with Crippen LogP contribution in [0.2, 0.25) is 0 Å². The van der Waals surface area contributed by atoms with Gasteiger partial charge in [-0.15, -0.1) is 0 Å². The Morgan fingerprint density at radius 2 is 2.21 bits per heavy atom. The lowest BCUT2D eigenvalue weighted by Crippen LogP contribution is -2.08. The number of nitrogens with one attached hydrogen (secondary N) is 1. The fourth-order valence-corrected chi connectivity index (χ4v) is 1.90. The first kappa shape index (κ1) is 13.5. The standard InChI is InChI=1S/C14H18FN3O/c1-11(13-5-3-4-6-14(13)15)17-12-9-16-18(10-12)7-8-19-2/h3-6,9-11,17H,7-8H2,1-2H3. The minimum atomic E-state index is -0.200. The van der Waals surface area contributed by atoms with Crippen LogP contribution in [0.1, 0.15) is 18.5 Å². The van der Waals surface area contributed by atoms with Crippen molar-refractivity contribution in [1.29, 1.82) is 0 Å². The molecule has 4 nitrogen and oxygen atoms in total. The summed E-state index contributed by atoms with van der Waals surface area (Å²) in [5.41, 5.74) is 1.51. The van der Waals surface area contributed by atoms with E-state index in [9.17, 15) is 4.39 Å². The quantitative estimate of drug-likeness (QED) is 0.871. The van der Waals surface area contributed by atoms with E-state index in [1.165, 1.54) is 6.07 Å². The summed E-state index contributed by atoms with van der Waals surface area (Å²) in [5, 5.41) is 7.43. The second-order valence-electron chi connectivity index (χ2n) is 4.37. The van der Waals surface area contributed by atoms with Crippen molar-refractivity contribution in [1.82, 2.24) is 9.78 Å². The van der Waals surface area contributed by atoms with Crippen molar-refractivity contribution in [3.63, 3.8) is 0 Å². The number of halogens is 1. The number of ether oxygens (including phenoxy) is 1. The normalized spacial score (nSPS) is 12.4. The van der Waals surface area contributed by atoms with E-state index in [-0.39, 0.29) is 11.9 Å². The summed E-state index contributed by atoms with van der Waals surface area (Å²) in [4.78, 5) is 0. The number of anilines is 1. The Labute approximate surface area is 112 Å². The summed E-state index contributed by atoms with van der Waals surface area (Å²) >= 11 is 0. The van der Waals surface area contributed by atoms with E-state index in [2.05, 4.69) is 10.4 Å². The highest BCUT2D eigenvalue weighted by molar-refractivity contribution is 5.41. The van der Waals surface area contributed by atoms with Gasteiger partial charge in [0.2, 0.25) is 0 Å². The molecule has 1 aromatic heterocycles. The van der Waals surface area contributed by atoms with Gasteiger partial charge in [-0.2, -0.15) is 5.10 Å². The van der Waals surface area contributed by atoms with Crippen molar-refractivity contribution in [3.05, 3.63) is 48.0 Å². The van der Waals surface area contributed by atoms with E-state index in [0.29, 0.717) is 18.7 Å². The minimum absolute atomic E-state index is 0.110. The number of hydrogen-bond donors (Lipinski definition) is 1. The van der Waals surface area contributed by atoms with Crippen LogP contribution < -0.4 is 5.32 Å². The van der Waals surface area contributed by atoms with Crippen LogP contribution in [0.15, 0.2) is 36.7 Å². The Hall–Kier alpha value is -1.88. The summed E-state index contributed by atoms with van der Waals surface area (Å²) in [6, 6.07) is 6.66. The van der Waals surface area contributed by atoms with E-state index in [0.717, 1.165) is 5.69 Å². The van der Waals surface area contributed by atoms with Gasteiger partial charge in [-0.25, -0.2) is 4.39 Å². The Morgan fingerprint density at radius 3 is 2.95 bits per heavy atom. The first-order valence-corrected chi connectivity index (χ1v) is 6.23. The molecule has 0 fully saturated rings. The molecule has 5 heteroatoms. The van der Waals surface area contributed by atoms with Gasteiger partial charge >= 0.3 is 0 Å². The van der Waals surface area contributed by atoms with Gasteiger partial charge in [0.1, 0.15) is 5.82 Å². The Morgan fingerprint density at radius 1 is 1.42 bits per heavy atom. The van der Waals surface area contributed by atoms with Gasteiger partial charge in [0, 0.05) is 18.9 Å². The van der Waals surface area contributed by atoms with Crippen molar-refractivity contribution >= 4 is 5.69 Å². The lowest BCUT2D eigenvalue weighted by Gasteiger charge is -2.14. The molecule has 0 spiro atoms. The lowest BCUT2D eigenvalue weighted by molar-refractivity contribution is 0.183. The van der Waals surface area contributed by atoms with Crippen LogP contribution in [-0.2, 0) is 11.3 Å². The monoisotopic (exact) mass is 263 g/mol. The minimum Gasteiger partial charge on any atom is -0.383 e. The van der Waals surface area contributed by atoms with Crippen molar-refractivity contribution < 1.29 is 9.13 Å². The smallest absolute Gasteiger partial charge is 0.128 e. The topological polar surface area (TPSA) is 39.1 Å². The number of nitrogens with zero attached hydrogens (tertiary/aromatic N) is 2. The SMILES string of the molecule is COCCn1cc(NC(C)c2ccccc2F)cn1. The highest BCUT2D eigenvalue weighted by Gasteiger charge is 2.10. The fourth-order valence-electron chi connectivity index (χ4n) is 1.90. The van der Waals surface area contributed by atoms with E-state index < -0.39 is 0 Å². The summed E-state index contributed by atoms with van der Waals surface area (Å²) in [6.07, 6.45) is 3.61. The number of benzene rings is 1. The van der Waals surface area contributed by atoms with Crippen LogP contribution >= 0.6 is 0 Å². The molecule has 1 aromatic carbocycles. The van der Waals surface area contributed by atoms with Crippen LogP contribution in [0, 0.1) is 5.82 Å². The second kappa shape index (κ2) is 6.33. The Kier molecular flexibility index (Phi) is 4.52. The van der Waals surface area contributed by atoms with Gasteiger partial charge in [0.15, 0.2) is 0 Å². The van der Waals surface area contributed by atoms with Crippen molar-refractivity contribution in [2.45, 2.75) is 19.5 Å². The highest BCUT2D eigenvalue weighted by Crippen LogP contribution is 2.20. The maximum atomic E-state index is 13.6. The van der Waals surface area contributed by atoms with E-state index >= 15 is 0 Å². The van der Waals surface area contributed by atoms with Crippen molar-refractivity contribution in [2.75, 3.05) is 19.0 Å². The summed E-state index contributed by atoms with van der Waals surface area (Å²) in [6.45, 7) is 3.24. The molecule has 2 rings (SSSR count). The predicted octanol–water partition coefficient (Wildman–Crippen LogP) is 2.84. The molecule has 0 radical (unpaired) electrons. The van der Waals surface area contributed by atoms with Gasteiger partial charge < -0.3 is 10.1 Å². The first-order chi connectivity index (χ1) is 9.20. The van der Waals surface area contributed by atoms with Crippen molar-refractivity contribution in [2.24, 2.45) is 0 Å². The van der Waals surface area contributed by atoms with Crippen molar-refractivity contribution in [3.8, 4) is 0 Å². The molecule has 0 aliphatic heterocycles. The number of hydrogen-bond acceptors (Lipinski definition) is 3. The average molecular weight is 263 g/mol. The number of methoxy groups -OCH3 is 1. The second-order valence-corrected chi connectivity index (χ2v) is 4.37. The zero-order valence-corrected chi connectivity index (χ0v) is 11.1. The van der Waals surface area contributed by atoms with E-state index in [1.54, 1.807) is 30.1 Å². The summed E-state index contributed by atoms with van der Waals surface area (Å²) < 4.78 is 20.4. The zero-order chi connectivity index (χ0) is 13.7. The molecule has 102 valence electrons. The maximum absolute atomic E-state index is 13.6. The first-order valence-electron chi connectivity index (χ1n) is 6.23. The van der Waals surface area contributed by atoms with Crippen LogP contribution in [0.4, 0.5) is 10.1 Å². The molecule has 2 aromatic rings. The average Bonchev–Trinajstić information content (AvgIpc) is 2.84. The largest absolute Gasteiger partial charge is 0.383 e. The molecule has 1 atom stereocenters. The number of aromatic nitrogens is 2. The molecular formula is C14H18FN3O. The third kappa shape index (κ3) is 3.54. The van der Waals surface area contributed by atoms with Gasteiger partial charge in [-0.3, -0.25) is 4.68 Å². The molecule has 0 aliphatic rings. The third-order valence-electron chi connectivity index (χ3n) is 2.91. The molecular weight excluding hydrogens is 245 g/mol. The predicted molar refractivity (Wildman–Crippen MR) is 72.5 cm³/mol. The van der Waals surface area contributed by atoms with E-state index in [4.69, 9.17) is 4.74 Å². The molecule has 19 heavy (non-hydrogen) atoms. The van der Waals surface area contributed by atoms with Crippen LogP contribution in [0.3, 0.4) is 0 Å². The Balaban J connectivity index is 2.01. The van der Waals surface area contributed by atoms with Crippen LogP contribution in [-0.4, -0.2) is 23.5 Å². The van der Waals surface area contributed by atoms with Gasteiger partial charge in [0.25, 0.3) is 0 Å². The molecule has 1 unspecified atom stereocenters. The fraction of sp³-hybridized carbons (Fsp3) is 0.357. The van der Waals surface area contributed by atoms with Gasteiger partial charge in [-0.05, 0) is 13.0 Å². The molecule has 1 heterocycles. The lowest BCUT2D eigenvalue weighted by atomic mass is 10.1. The highest BCUT2D eigenvalue weighted by atomic mass is 19.1. The molecule has 0 amide bonds. The summed E-state index contributed by atoms with van der Waals surface area (Å²) in [7, 11) is 1.66. The molecule has 0 saturated heterocycles. The van der Waals surface area contributed by atoms with Crippen LogP contribution in [0.5, 0.6) is 0 Å². The van der Waals surface area contributed by atoms with Gasteiger partial charge in [0.05, 0.1) is 31.1 Å². The Bertz CT molecular complexity index is 527.